The SMILES string of the molecule is O=C(C[C@H](Cc1ccccc1)c1ccco1)N1CCC(O)(CO)CC1. The minimum absolute atomic E-state index is 0.0106. The van der Waals surface area contributed by atoms with Gasteiger partial charge in [0.25, 0.3) is 0 Å². The van der Waals surface area contributed by atoms with E-state index in [0.717, 1.165) is 12.2 Å². The van der Waals surface area contributed by atoms with Crippen LogP contribution in [0.2, 0.25) is 0 Å². The predicted octanol–water partition coefficient (Wildman–Crippen LogP) is 2.34. The van der Waals surface area contributed by atoms with Crippen LogP contribution < -0.4 is 0 Å². The molecule has 5 heteroatoms. The van der Waals surface area contributed by atoms with Crippen molar-refractivity contribution in [1.82, 2.24) is 4.90 Å². The Morgan fingerprint density at radius 3 is 2.48 bits per heavy atom. The maximum absolute atomic E-state index is 12.7. The lowest BCUT2D eigenvalue weighted by atomic mass is 9.90. The predicted molar refractivity (Wildman–Crippen MR) is 94.1 cm³/mol. The number of piperidine rings is 1. The van der Waals surface area contributed by atoms with Crippen LogP contribution in [0.5, 0.6) is 0 Å². The van der Waals surface area contributed by atoms with Gasteiger partial charge >= 0.3 is 0 Å². The van der Waals surface area contributed by atoms with E-state index in [0.29, 0.717) is 32.4 Å². The normalized spacial score (nSPS) is 18.1. The smallest absolute Gasteiger partial charge is 0.223 e. The zero-order valence-electron chi connectivity index (χ0n) is 14.3. The van der Waals surface area contributed by atoms with Gasteiger partial charge in [0.15, 0.2) is 0 Å². The first kappa shape index (κ1) is 17.7. The Bertz CT molecular complexity index is 660. The summed E-state index contributed by atoms with van der Waals surface area (Å²) in [5, 5.41) is 19.3. The highest BCUT2D eigenvalue weighted by atomic mass is 16.3. The Balaban J connectivity index is 1.65. The number of nitrogens with zero attached hydrogens (tertiary/aromatic N) is 1. The lowest BCUT2D eigenvalue weighted by Crippen LogP contribution is -2.48. The Hall–Kier alpha value is -2.11. The number of hydrogen-bond donors (Lipinski definition) is 2. The van der Waals surface area contributed by atoms with Crippen molar-refractivity contribution >= 4 is 5.91 Å². The van der Waals surface area contributed by atoms with Gasteiger partial charge in [-0.1, -0.05) is 30.3 Å². The lowest BCUT2D eigenvalue weighted by molar-refractivity contribution is -0.137. The van der Waals surface area contributed by atoms with Gasteiger partial charge in [0, 0.05) is 25.4 Å². The molecule has 134 valence electrons. The minimum Gasteiger partial charge on any atom is -0.469 e. The van der Waals surface area contributed by atoms with Gasteiger partial charge in [0.05, 0.1) is 18.5 Å². The van der Waals surface area contributed by atoms with E-state index in [4.69, 9.17) is 4.42 Å². The molecule has 1 atom stereocenters. The molecule has 3 rings (SSSR count). The van der Waals surface area contributed by atoms with Crippen LogP contribution in [0.15, 0.2) is 53.1 Å². The summed E-state index contributed by atoms with van der Waals surface area (Å²) in [7, 11) is 0. The molecule has 0 aliphatic carbocycles. The van der Waals surface area contributed by atoms with Crippen LogP contribution in [0.1, 0.15) is 36.5 Å². The second-order valence-electron chi connectivity index (χ2n) is 6.87. The molecule has 2 N–H and O–H groups in total. The van der Waals surface area contributed by atoms with E-state index in [1.54, 1.807) is 11.2 Å². The lowest BCUT2D eigenvalue weighted by Gasteiger charge is -2.37. The van der Waals surface area contributed by atoms with Gasteiger partial charge in [-0.25, -0.2) is 0 Å². The standard InChI is InChI=1S/C20H25NO4/c22-15-20(24)8-10-21(11-9-20)19(23)14-17(18-7-4-12-25-18)13-16-5-2-1-3-6-16/h1-7,12,17,22,24H,8-11,13-15H2/t17-/m0/s1. The largest absolute Gasteiger partial charge is 0.469 e. The van der Waals surface area contributed by atoms with Gasteiger partial charge in [0.2, 0.25) is 5.91 Å². The summed E-state index contributed by atoms with van der Waals surface area (Å²) in [6, 6.07) is 13.9. The van der Waals surface area contributed by atoms with E-state index in [-0.39, 0.29) is 18.4 Å². The van der Waals surface area contributed by atoms with Crippen molar-refractivity contribution in [2.45, 2.75) is 37.2 Å². The molecule has 1 aromatic carbocycles. The summed E-state index contributed by atoms with van der Waals surface area (Å²) in [5.74, 6) is 0.877. The van der Waals surface area contributed by atoms with Crippen LogP contribution in [0.25, 0.3) is 0 Å². The first-order valence-electron chi connectivity index (χ1n) is 8.78. The van der Waals surface area contributed by atoms with Crippen LogP contribution in [0, 0.1) is 0 Å². The molecule has 0 unspecified atom stereocenters. The number of benzene rings is 1. The number of carbonyl (C=O) groups is 1. The van der Waals surface area contributed by atoms with E-state index in [1.165, 1.54) is 5.56 Å². The van der Waals surface area contributed by atoms with Crippen LogP contribution in [0.4, 0.5) is 0 Å². The number of aliphatic hydroxyl groups is 2. The average molecular weight is 343 g/mol. The second kappa shape index (κ2) is 7.85. The molecule has 1 aromatic heterocycles. The summed E-state index contributed by atoms with van der Waals surface area (Å²) in [6.07, 6.45) is 3.59. The van der Waals surface area contributed by atoms with Crippen LogP contribution in [-0.4, -0.2) is 46.3 Å². The molecule has 2 aromatic rings. The quantitative estimate of drug-likeness (QED) is 0.844. The molecule has 1 aliphatic rings. The minimum atomic E-state index is -1.04. The Labute approximate surface area is 147 Å². The Morgan fingerprint density at radius 1 is 1.16 bits per heavy atom. The van der Waals surface area contributed by atoms with Crippen molar-refractivity contribution in [3.8, 4) is 0 Å². The van der Waals surface area contributed by atoms with E-state index in [9.17, 15) is 15.0 Å². The fraction of sp³-hybridized carbons (Fsp3) is 0.450. The molecule has 1 amide bonds. The third-order valence-electron chi connectivity index (χ3n) is 5.03. The Kier molecular flexibility index (Phi) is 5.56. The van der Waals surface area contributed by atoms with Gasteiger partial charge in [-0.15, -0.1) is 0 Å². The summed E-state index contributed by atoms with van der Waals surface area (Å²) >= 11 is 0. The van der Waals surface area contributed by atoms with Gasteiger partial charge < -0.3 is 19.5 Å². The fourth-order valence-corrected chi connectivity index (χ4v) is 3.37. The van der Waals surface area contributed by atoms with Crippen molar-refractivity contribution in [3.63, 3.8) is 0 Å². The molecule has 0 spiro atoms. The number of amides is 1. The molecule has 0 bridgehead atoms. The van der Waals surface area contributed by atoms with Crippen molar-refractivity contribution in [1.29, 1.82) is 0 Å². The number of aliphatic hydroxyl groups excluding tert-OH is 1. The molecule has 0 saturated carbocycles. The number of rotatable bonds is 6. The number of furan rings is 1. The van der Waals surface area contributed by atoms with Gasteiger partial charge in [-0.2, -0.15) is 0 Å². The van der Waals surface area contributed by atoms with Crippen LogP contribution >= 0.6 is 0 Å². The van der Waals surface area contributed by atoms with E-state index < -0.39 is 5.60 Å². The zero-order valence-corrected chi connectivity index (χ0v) is 14.3. The molecular weight excluding hydrogens is 318 g/mol. The van der Waals surface area contributed by atoms with Crippen molar-refractivity contribution < 1.29 is 19.4 Å². The molecular formula is C20H25NO4. The number of carbonyl (C=O) groups excluding carboxylic acids is 1. The molecule has 0 radical (unpaired) electrons. The highest BCUT2D eigenvalue weighted by Gasteiger charge is 2.34. The van der Waals surface area contributed by atoms with E-state index in [1.807, 2.05) is 30.3 Å². The summed E-state index contributed by atoms with van der Waals surface area (Å²) < 4.78 is 5.56. The molecule has 1 saturated heterocycles. The highest BCUT2D eigenvalue weighted by Crippen LogP contribution is 2.28. The van der Waals surface area contributed by atoms with Crippen molar-refractivity contribution in [2.75, 3.05) is 19.7 Å². The van der Waals surface area contributed by atoms with Crippen molar-refractivity contribution in [3.05, 3.63) is 60.1 Å². The third kappa shape index (κ3) is 4.50. The topological polar surface area (TPSA) is 73.9 Å². The van der Waals surface area contributed by atoms with Gasteiger partial charge in [-0.3, -0.25) is 4.79 Å². The number of hydrogen-bond acceptors (Lipinski definition) is 4. The third-order valence-corrected chi connectivity index (χ3v) is 5.03. The molecule has 1 fully saturated rings. The summed E-state index contributed by atoms with van der Waals surface area (Å²) in [6.45, 7) is 0.705. The van der Waals surface area contributed by atoms with Gasteiger partial charge in [-0.05, 0) is 37.0 Å². The van der Waals surface area contributed by atoms with Crippen LogP contribution in [0.3, 0.4) is 0 Å². The molecule has 5 nitrogen and oxygen atoms in total. The first-order valence-corrected chi connectivity index (χ1v) is 8.78. The fourth-order valence-electron chi connectivity index (χ4n) is 3.37. The van der Waals surface area contributed by atoms with Gasteiger partial charge in [0.1, 0.15) is 5.76 Å². The Morgan fingerprint density at radius 2 is 1.88 bits per heavy atom. The first-order chi connectivity index (χ1) is 12.1. The van der Waals surface area contributed by atoms with Crippen molar-refractivity contribution in [2.24, 2.45) is 0 Å². The monoisotopic (exact) mass is 343 g/mol. The second-order valence-corrected chi connectivity index (χ2v) is 6.87. The zero-order chi connectivity index (χ0) is 17.7. The van der Waals surface area contributed by atoms with E-state index >= 15 is 0 Å². The maximum atomic E-state index is 12.7. The number of likely N-dealkylation sites (tertiary alicyclic amines) is 1. The highest BCUT2D eigenvalue weighted by molar-refractivity contribution is 5.77. The summed E-state index contributed by atoms with van der Waals surface area (Å²) in [4.78, 5) is 14.5. The van der Waals surface area contributed by atoms with E-state index in [2.05, 4.69) is 12.1 Å². The molecule has 2 heterocycles. The summed E-state index contributed by atoms with van der Waals surface area (Å²) in [5.41, 5.74) is 0.131. The molecule has 1 aliphatic heterocycles. The van der Waals surface area contributed by atoms with Crippen LogP contribution in [-0.2, 0) is 11.2 Å². The average Bonchev–Trinajstić information content (AvgIpc) is 3.17. The maximum Gasteiger partial charge on any atom is 0.223 e. The molecule has 25 heavy (non-hydrogen) atoms.